The normalized spacial score (nSPS) is 13.8. The molecule has 1 saturated carbocycles. The molecule has 1 fully saturated rings. The molecule has 1 aromatic carbocycles. The smallest absolute Gasteiger partial charge is 0.326 e. The lowest BCUT2D eigenvalue weighted by Crippen LogP contribution is -2.30. The fourth-order valence-electron chi connectivity index (χ4n) is 3.19. The third-order valence-corrected chi connectivity index (χ3v) is 4.54. The van der Waals surface area contributed by atoms with Gasteiger partial charge < -0.3 is 24.7 Å². The van der Waals surface area contributed by atoms with Gasteiger partial charge >= 0.3 is 12.0 Å². The maximum absolute atomic E-state index is 12.4. The summed E-state index contributed by atoms with van der Waals surface area (Å²) in [5, 5.41) is 6.33. The lowest BCUT2D eigenvalue weighted by Gasteiger charge is -2.20. The van der Waals surface area contributed by atoms with Gasteiger partial charge in [-0.1, -0.05) is 0 Å². The molecule has 30 heavy (non-hydrogen) atoms. The summed E-state index contributed by atoms with van der Waals surface area (Å²) in [5.74, 6) is -0.0754. The summed E-state index contributed by atoms with van der Waals surface area (Å²) in [4.78, 5) is 36.8. The topological polar surface area (TPSA) is 98.7 Å². The highest BCUT2D eigenvalue weighted by Gasteiger charge is 2.25. The number of aromatic nitrogens is 1. The predicted molar refractivity (Wildman–Crippen MR) is 114 cm³/mol. The Morgan fingerprint density at radius 1 is 1.20 bits per heavy atom. The first-order valence-corrected chi connectivity index (χ1v) is 10.2. The first kappa shape index (κ1) is 21.7. The van der Waals surface area contributed by atoms with Crippen LogP contribution in [0.1, 0.15) is 57.8 Å². The van der Waals surface area contributed by atoms with E-state index < -0.39 is 11.6 Å². The number of amides is 2. The molecule has 8 nitrogen and oxygen atoms in total. The monoisotopic (exact) mass is 415 g/mol. The van der Waals surface area contributed by atoms with E-state index in [1.165, 1.54) is 6.92 Å². The number of fused-ring (bicyclic) bond motifs is 1. The van der Waals surface area contributed by atoms with Gasteiger partial charge in [-0.25, -0.2) is 4.79 Å². The van der Waals surface area contributed by atoms with Gasteiger partial charge in [0.2, 0.25) is 0 Å². The van der Waals surface area contributed by atoms with E-state index in [9.17, 15) is 14.4 Å². The summed E-state index contributed by atoms with van der Waals surface area (Å²) in [6.45, 7) is 9.08. The number of urea groups is 1. The second-order valence-electron chi connectivity index (χ2n) is 8.48. The van der Waals surface area contributed by atoms with Crippen molar-refractivity contribution in [2.24, 2.45) is 0 Å². The molecule has 1 aliphatic rings. The molecular weight excluding hydrogens is 386 g/mol. The Hall–Kier alpha value is -3.03. The number of ether oxygens (including phenoxy) is 2. The quantitative estimate of drug-likeness (QED) is 0.528. The number of esters is 1. The molecule has 1 heterocycles. The maximum atomic E-state index is 12.4. The zero-order chi connectivity index (χ0) is 22.1. The van der Waals surface area contributed by atoms with Gasteiger partial charge in [0.05, 0.1) is 17.8 Å². The largest absolute Gasteiger partial charge is 0.492 e. The highest BCUT2D eigenvalue weighted by Crippen LogP contribution is 2.34. The lowest BCUT2D eigenvalue weighted by atomic mass is 10.1. The molecule has 2 amide bonds. The second-order valence-corrected chi connectivity index (χ2v) is 8.48. The molecule has 0 aliphatic heterocycles. The minimum Gasteiger partial charge on any atom is -0.492 e. The molecule has 0 atom stereocenters. The van der Waals surface area contributed by atoms with Crippen LogP contribution in [0.5, 0.6) is 5.75 Å². The third-order valence-electron chi connectivity index (χ3n) is 4.54. The highest BCUT2D eigenvalue weighted by molar-refractivity contribution is 6.09. The van der Waals surface area contributed by atoms with Crippen LogP contribution in [-0.2, 0) is 16.1 Å². The molecule has 0 radical (unpaired) electrons. The summed E-state index contributed by atoms with van der Waals surface area (Å²) in [6, 6.07) is 3.36. The Labute approximate surface area is 175 Å². The number of nitrogens with one attached hydrogen (secondary N) is 2. The lowest BCUT2D eigenvalue weighted by molar-refractivity contribution is -0.155. The molecule has 2 N–H and O–H groups in total. The van der Waals surface area contributed by atoms with Gasteiger partial charge in [-0.3, -0.25) is 9.59 Å². The molecule has 0 unspecified atom stereocenters. The minimum absolute atomic E-state index is 0.0401. The Kier molecular flexibility index (Phi) is 6.05. The molecule has 1 aromatic heterocycles. The van der Waals surface area contributed by atoms with Gasteiger partial charge in [-0.05, 0) is 53.5 Å². The van der Waals surface area contributed by atoms with Crippen LogP contribution < -0.4 is 15.4 Å². The Bertz CT molecular complexity index is 983. The van der Waals surface area contributed by atoms with Gasteiger partial charge in [0.1, 0.15) is 17.9 Å². The van der Waals surface area contributed by atoms with Gasteiger partial charge in [0.25, 0.3) is 0 Å². The maximum Gasteiger partial charge on any atom is 0.326 e. The van der Waals surface area contributed by atoms with Crippen LogP contribution in [0.3, 0.4) is 0 Å². The first-order valence-electron chi connectivity index (χ1n) is 10.2. The van der Waals surface area contributed by atoms with Crippen molar-refractivity contribution in [1.82, 2.24) is 9.88 Å². The SMILES string of the molecule is CCOc1cc2c(cc1NC(=O)NC1CC1)c(C(C)=O)cn2CC(=O)OC(C)(C)C. The van der Waals surface area contributed by atoms with Crippen molar-refractivity contribution < 1.29 is 23.9 Å². The van der Waals surface area contributed by atoms with Crippen LogP contribution in [0.25, 0.3) is 10.9 Å². The van der Waals surface area contributed by atoms with Crippen molar-refractivity contribution in [2.75, 3.05) is 11.9 Å². The Morgan fingerprint density at radius 2 is 1.90 bits per heavy atom. The van der Waals surface area contributed by atoms with Gasteiger partial charge in [0, 0.05) is 29.3 Å². The van der Waals surface area contributed by atoms with Crippen molar-refractivity contribution in [1.29, 1.82) is 0 Å². The van der Waals surface area contributed by atoms with Crippen molar-refractivity contribution in [3.05, 3.63) is 23.9 Å². The molecule has 0 bridgehead atoms. The minimum atomic E-state index is -0.605. The zero-order valence-corrected chi connectivity index (χ0v) is 18.1. The highest BCUT2D eigenvalue weighted by atomic mass is 16.6. The number of anilines is 1. The number of nitrogens with zero attached hydrogens (tertiary/aromatic N) is 1. The standard InChI is InChI=1S/C22H29N3O5/c1-6-29-19-10-18-15(9-17(19)24-21(28)23-14-7-8-14)16(13(2)26)11-25(18)12-20(27)30-22(3,4)5/h9-11,14H,6-8,12H2,1-5H3,(H2,23,24,28). The van der Waals surface area contributed by atoms with E-state index in [-0.39, 0.29) is 24.4 Å². The summed E-state index contributed by atoms with van der Waals surface area (Å²) in [7, 11) is 0. The summed E-state index contributed by atoms with van der Waals surface area (Å²) < 4.78 is 12.8. The van der Waals surface area contributed by atoms with Crippen LogP contribution in [0.4, 0.5) is 10.5 Å². The Balaban J connectivity index is 1.99. The number of carbonyl (C=O) groups is 3. The number of hydrogen-bond donors (Lipinski definition) is 2. The number of Topliss-reactive ketones (excluding diaryl/α,β-unsaturated/α-hetero) is 1. The van der Waals surface area contributed by atoms with Crippen LogP contribution in [0.2, 0.25) is 0 Å². The number of carbonyl (C=O) groups excluding carboxylic acids is 3. The van der Waals surface area contributed by atoms with Crippen LogP contribution in [-0.4, -0.2) is 40.6 Å². The number of rotatable bonds is 7. The molecule has 3 rings (SSSR count). The summed E-state index contributed by atoms with van der Waals surface area (Å²) >= 11 is 0. The zero-order valence-electron chi connectivity index (χ0n) is 18.1. The Morgan fingerprint density at radius 3 is 2.47 bits per heavy atom. The van der Waals surface area contributed by atoms with Crippen molar-refractivity contribution >= 4 is 34.4 Å². The fraction of sp³-hybridized carbons (Fsp3) is 0.500. The molecular formula is C22H29N3O5. The average Bonchev–Trinajstić information content (AvgIpc) is 3.35. The third kappa shape index (κ3) is 5.31. The van der Waals surface area contributed by atoms with Gasteiger partial charge in [0.15, 0.2) is 5.78 Å². The van der Waals surface area contributed by atoms with Crippen molar-refractivity contribution in [3.63, 3.8) is 0 Å². The summed E-state index contributed by atoms with van der Waals surface area (Å²) in [5.41, 5.74) is 0.983. The number of benzene rings is 1. The van der Waals surface area contributed by atoms with Crippen molar-refractivity contribution in [2.45, 2.75) is 65.6 Å². The number of hydrogen-bond acceptors (Lipinski definition) is 5. The van der Waals surface area contributed by atoms with Crippen LogP contribution in [0, 0.1) is 0 Å². The second kappa shape index (κ2) is 8.38. The van der Waals surface area contributed by atoms with Gasteiger partial charge in [-0.2, -0.15) is 0 Å². The van der Waals surface area contributed by atoms with E-state index in [1.54, 1.807) is 43.7 Å². The first-order chi connectivity index (χ1) is 14.1. The van der Waals surface area contributed by atoms with E-state index in [0.29, 0.717) is 34.5 Å². The predicted octanol–water partition coefficient (Wildman–Crippen LogP) is 3.87. The molecule has 8 heteroatoms. The van der Waals surface area contributed by atoms with E-state index in [4.69, 9.17) is 9.47 Å². The average molecular weight is 415 g/mol. The summed E-state index contributed by atoms with van der Waals surface area (Å²) in [6.07, 6.45) is 3.60. The van der Waals surface area contributed by atoms with E-state index >= 15 is 0 Å². The molecule has 2 aromatic rings. The van der Waals surface area contributed by atoms with Gasteiger partial charge in [-0.15, -0.1) is 0 Å². The number of ketones is 1. The van der Waals surface area contributed by atoms with Crippen LogP contribution >= 0.6 is 0 Å². The van der Waals surface area contributed by atoms with Crippen molar-refractivity contribution in [3.8, 4) is 5.75 Å². The van der Waals surface area contributed by atoms with E-state index in [2.05, 4.69) is 10.6 Å². The van der Waals surface area contributed by atoms with Crippen LogP contribution in [0.15, 0.2) is 18.3 Å². The fourth-order valence-corrected chi connectivity index (χ4v) is 3.19. The molecule has 0 saturated heterocycles. The molecule has 1 aliphatic carbocycles. The molecule has 0 spiro atoms. The van der Waals surface area contributed by atoms with E-state index in [0.717, 1.165) is 12.8 Å². The van der Waals surface area contributed by atoms with E-state index in [1.807, 2.05) is 6.92 Å². The molecule has 162 valence electrons.